The highest BCUT2D eigenvalue weighted by Gasteiger charge is 2.26. The first-order valence-electron chi connectivity index (χ1n) is 7.09. The number of Topliss-reactive ketones (excluding diaryl/α,β-unsaturated/α-hetero) is 2. The molecule has 1 aliphatic carbocycles. The molecule has 2 aromatic carbocycles. The van der Waals surface area contributed by atoms with Crippen molar-refractivity contribution in [2.75, 3.05) is 0 Å². The number of hydrogen-bond donors (Lipinski definition) is 0. The van der Waals surface area contributed by atoms with E-state index >= 15 is 0 Å². The number of carbonyl (C=O) groups is 2. The van der Waals surface area contributed by atoms with Gasteiger partial charge in [0.15, 0.2) is 11.6 Å². The molecule has 3 rings (SSSR count). The number of hydrogen-bond acceptors (Lipinski definition) is 5. The van der Waals surface area contributed by atoms with Crippen LogP contribution in [0, 0.1) is 0 Å². The monoisotopic (exact) mass is 330 g/mol. The molecule has 0 unspecified atom stereocenters. The zero-order valence-corrected chi connectivity index (χ0v) is 13.2. The fourth-order valence-electron chi connectivity index (χ4n) is 2.57. The lowest BCUT2D eigenvalue weighted by atomic mass is 10.1. The summed E-state index contributed by atoms with van der Waals surface area (Å²) in [7, 11) is -4.07. The third-order valence-electron chi connectivity index (χ3n) is 3.76. The quantitative estimate of drug-likeness (QED) is 0.636. The van der Waals surface area contributed by atoms with Gasteiger partial charge in [-0.2, -0.15) is 8.42 Å². The summed E-state index contributed by atoms with van der Waals surface area (Å²) in [5.74, 6) is -0.0729. The molecule has 5 nitrogen and oxygen atoms in total. The molecule has 0 spiro atoms. The Morgan fingerprint density at radius 1 is 1.09 bits per heavy atom. The van der Waals surface area contributed by atoms with Crippen molar-refractivity contribution < 1.29 is 22.2 Å². The summed E-state index contributed by atoms with van der Waals surface area (Å²) in [4.78, 5) is 23.0. The van der Waals surface area contributed by atoms with Crippen molar-refractivity contribution in [1.82, 2.24) is 0 Å². The molecule has 0 N–H and O–H groups in total. The Kier molecular flexibility index (Phi) is 3.77. The first kappa shape index (κ1) is 15.4. The van der Waals surface area contributed by atoms with Crippen molar-refractivity contribution in [3.63, 3.8) is 0 Å². The number of carbonyl (C=O) groups excluding carboxylic acids is 2. The molecule has 0 saturated carbocycles. The molecular formula is C17H14O5S. The third kappa shape index (κ3) is 2.90. The topological polar surface area (TPSA) is 77.5 Å². The summed E-state index contributed by atoms with van der Waals surface area (Å²) in [6.07, 6.45) is 0.822. The summed E-state index contributed by atoms with van der Waals surface area (Å²) in [6, 6.07) is 10.5. The van der Waals surface area contributed by atoms with Gasteiger partial charge >= 0.3 is 10.1 Å². The van der Waals surface area contributed by atoms with Crippen LogP contribution < -0.4 is 4.18 Å². The van der Waals surface area contributed by atoms with Crippen LogP contribution in [0.1, 0.15) is 39.6 Å². The fourth-order valence-corrected chi connectivity index (χ4v) is 3.58. The van der Waals surface area contributed by atoms with E-state index < -0.39 is 10.1 Å². The van der Waals surface area contributed by atoms with E-state index in [1.54, 1.807) is 18.2 Å². The van der Waals surface area contributed by atoms with Crippen LogP contribution in [-0.4, -0.2) is 20.0 Å². The van der Waals surface area contributed by atoms with Crippen molar-refractivity contribution >= 4 is 21.7 Å². The number of fused-ring (bicyclic) bond motifs is 1. The van der Waals surface area contributed by atoms with Gasteiger partial charge in [0, 0.05) is 23.1 Å². The number of ketones is 2. The Labute approximate surface area is 134 Å². The second kappa shape index (κ2) is 5.62. The van der Waals surface area contributed by atoms with Gasteiger partial charge in [0.1, 0.15) is 10.6 Å². The van der Waals surface area contributed by atoms with Crippen molar-refractivity contribution in [3.05, 3.63) is 59.2 Å². The first-order valence-corrected chi connectivity index (χ1v) is 8.50. The SMILES string of the molecule is CC(=O)c1cccc(S(=O)(=O)Oc2cccc3c2CCC3=O)c1. The lowest BCUT2D eigenvalue weighted by Crippen LogP contribution is -2.11. The maximum atomic E-state index is 12.4. The molecule has 0 radical (unpaired) electrons. The highest BCUT2D eigenvalue weighted by molar-refractivity contribution is 7.87. The molecule has 118 valence electrons. The van der Waals surface area contributed by atoms with Crippen LogP contribution >= 0.6 is 0 Å². The molecule has 0 amide bonds. The van der Waals surface area contributed by atoms with Crippen LogP contribution in [-0.2, 0) is 16.5 Å². The molecule has 23 heavy (non-hydrogen) atoms. The molecule has 1 aliphatic rings. The highest BCUT2D eigenvalue weighted by Crippen LogP contribution is 2.32. The molecular weight excluding hydrogens is 316 g/mol. The van der Waals surface area contributed by atoms with Gasteiger partial charge in [-0.1, -0.05) is 24.3 Å². The summed E-state index contributed by atoms with van der Waals surface area (Å²) < 4.78 is 30.1. The zero-order valence-electron chi connectivity index (χ0n) is 12.4. The predicted octanol–water partition coefficient (Wildman–Crippen LogP) is 2.79. The van der Waals surface area contributed by atoms with E-state index in [9.17, 15) is 18.0 Å². The minimum Gasteiger partial charge on any atom is -0.379 e. The molecule has 0 bridgehead atoms. The molecule has 0 aromatic heterocycles. The van der Waals surface area contributed by atoms with Crippen LogP contribution in [0.3, 0.4) is 0 Å². The van der Waals surface area contributed by atoms with E-state index in [1.165, 1.54) is 31.2 Å². The molecule has 0 aliphatic heterocycles. The van der Waals surface area contributed by atoms with Crippen LogP contribution in [0.2, 0.25) is 0 Å². The molecule has 6 heteroatoms. The second-order valence-corrected chi connectivity index (χ2v) is 6.87. The standard InChI is InChI=1S/C17H14O5S/c1-11(18)12-4-2-5-13(10-12)23(20,21)22-17-7-3-6-14-15(17)8-9-16(14)19/h2-7,10H,8-9H2,1H3. The Balaban J connectivity index is 1.99. The van der Waals surface area contributed by atoms with E-state index in [-0.39, 0.29) is 22.2 Å². The third-order valence-corrected chi connectivity index (χ3v) is 4.99. The Bertz CT molecular complexity index is 912. The van der Waals surface area contributed by atoms with Gasteiger partial charge in [0.2, 0.25) is 0 Å². The van der Waals surface area contributed by atoms with Crippen molar-refractivity contribution in [1.29, 1.82) is 0 Å². The summed E-state index contributed by atoms with van der Waals surface area (Å²) in [6.45, 7) is 1.36. The largest absolute Gasteiger partial charge is 0.379 e. The highest BCUT2D eigenvalue weighted by atomic mass is 32.2. The lowest BCUT2D eigenvalue weighted by Gasteiger charge is -2.11. The van der Waals surface area contributed by atoms with Crippen LogP contribution in [0.25, 0.3) is 0 Å². The minimum absolute atomic E-state index is 0.0126. The molecule has 0 atom stereocenters. The van der Waals surface area contributed by atoms with Gasteiger partial charge < -0.3 is 4.18 Å². The number of benzene rings is 2. The molecule has 0 fully saturated rings. The van der Waals surface area contributed by atoms with Crippen molar-refractivity contribution in [3.8, 4) is 5.75 Å². The maximum Gasteiger partial charge on any atom is 0.339 e. The summed E-state index contributed by atoms with van der Waals surface area (Å²) >= 11 is 0. The average Bonchev–Trinajstić information content (AvgIpc) is 2.90. The van der Waals surface area contributed by atoms with Crippen LogP contribution in [0.5, 0.6) is 5.75 Å². The number of rotatable bonds is 4. The Hall–Kier alpha value is -2.47. The van der Waals surface area contributed by atoms with Gasteiger partial charge in [0.25, 0.3) is 0 Å². The van der Waals surface area contributed by atoms with E-state index in [0.29, 0.717) is 29.5 Å². The van der Waals surface area contributed by atoms with Gasteiger partial charge in [0.05, 0.1) is 0 Å². The van der Waals surface area contributed by atoms with Crippen molar-refractivity contribution in [2.45, 2.75) is 24.7 Å². The van der Waals surface area contributed by atoms with Crippen molar-refractivity contribution in [2.24, 2.45) is 0 Å². The van der Waals surface area contributed by atoms with Gasteiger partial charge in [-0.15, -0.1) is 0 Å². The van der Waals surface area contributed by atoms with E-state index in [2.05, 4.69) is 0 Å². The summed E-state index contributed by atoms with van der Waals surface area (Å²) in [5.41, 5.74) is 1.42. The Morgan fingerprint density at radius 3 is 2.57 bits per heavy atom. The Morgan fingerprint density at radius 2 is 1.83 bits per heavy atom. The van der Waals surface area contributed by atoms with E-state index in [4.69, 9.17) is 4.18 Å². The molecule has 2 aromatic rings. The smallest absolute Gasteiger partial charge is 0.339 e. The fraction of sp³-hybridized carbons (Fsp3) is 0.176. The average molecular weight is 330 g/mol. The van der Waals surface area contributed by atoms with Gasteiger partial charge in [-0.05, 0) is 31.5 Å². The lowest BCUT2D eigenvalue weighted by molar-refractivity contribution is 0.0991. The normalized spacial score (nSPS) is 13.7. The summed E-state index contributed by atoms with van der Waals surface area (Å²) in [5, 5.41) is 0. The van der Waals surface area contributed by atoms with Gasteiger partial charge in [-0.25, -0.2) is 0 Å². The molecule has 0 heterocycles. The van der Waals surface area contributed by atoms with E-state index in [0.717, 1.165) is 0 Å². The predicted molar refractivity (Wildman–Crippen MR) is 83.4 cm³/mol. The first-order chi connectivity index (χ1) is 10.9. The van der Waals surface area contributed by atoms with E-state index in [1.807, 2.05) is 0 Å². The molecule has 0 saturated heterocycles. The maximum absolute atomic E-state index is 12.4. The van der Waals surface area contributed by atoms with Crippen LogP contribution in [0.15, 0.2) is 47.4 Å². The minimum atomic E-state index is -4.07. The van der Waals surface area contributed by atoms with Gasteiger partial charge in [-0.3, -0.25) is 9.59 Å². The zero-order chi connectivity index (χ0) is 16.6. The van der Waals surface area contributed by atoms with Crippen LogP contribution in [0.4, 0.5) is 0 Å². The second-order valence-electron chi connectivity index (χ2n) is 5.33.